The first kappa shape index (κ1) is 15.1. The van der Waals surface area contributed by atoms with E-state index in [2.05, 4.69) is 0 Å². The van der Waals surface area contributed by atoms with E-state index >= 15 is 0 Å². The van der Waals surface area contributed by atoms with Crippen molar-refractivity contribution >= 4 is 5.97 Å². The largest absolute Gasteiger partial charge is 0.497 e. The Bertz CT molecular complexity index is 615. The van der Waals surface area contributed by atoms with Crippen LogP contribution in [0.1, 0.15) is 23.1 Å². The summed E-state index contributed by atoms with van der Waals surface area (Å²) in [5.74, 6) is 1.25. The van der Waals surface area contributed by atoms with Gasteiger partial charge in [-0.1, -0.05) is 29.8 Å². The summed E-state index contributed by atoms with van der Waals surface area (Å²) in [6.07, 6.45) is 1.02. The minimum atomic E-state index is -0.210. The zero-order valence-corrected chi connectivity index (χ0v) is 12.7. The van der Waals surface area contributed by atoms with Crippen molar-refractivity contribution in [3.8, 4) is 11.5 Å². The van der Waals surface area contributed by atoms with Gasteiger partial charge >= 0.3 is 5.97 Å². The Hall–Kier alpha value is -2.29. The Morgan fingerprint density at radius 3 is 2.38 bits per heavy atom. The van der Waals surface area contributed by atoms with Crippen LogP contribution in [-0.2, 0) is 11.2 Å². The van der Waals surface area contributed by atoms with E-state index in [1.54, 1.807) is 7.11 Å². The molecule has 0 aliphatic rings. The Balaban J connectivity index is 1.89. The molecule has 0 aromatic heterocycles. The average molecular weight is 284 g/mol. The topological polar surface area (TPSA) is 35.5 Å². The van der Waals surface area contributed by atoms with Crippen LogP contribution in [-0.4, -0.2) is 13.1 Å². The van der Waals surface area contributed by atoms with Crippen molar-refractivity contribution in [1.82, 2.24) is 0 Å². The highest BCUT2D eigenvalue weighted by Crippen LogP contribution is 2.19. The molecule has 0 amide bonds. The predicted molar refractivity (Wildman–Crippen MR) is 82.9 cm³/mol. The highest BCUT2D eigenvalue weighted by atomic mass is 16.5. The quantitative estimate of drug-likeness (QED) is 0.618. The SMILES string of the molecule is COc1ccc(CCC(=O)Oc2ccc(C)cc2C)cc1. The number of esters is 1. The number of methoxy groups -OCH3 is 1. The first-order valence-corrected chi connectivity index (χ1v) is 6.99. The Kier molecular flexibility index (Phi) is 4.99. The molecule has 21 heavy (non-hydrogen) atoms. The summed E-state index contributed by atoms with van der Waals surface area (Å²) in [5, 5.41) is 0. The van der Waals surface area contributed by atoms with E-state index < -0.39 is 0 Å². The number of aryl methyl sites for hydroxylation is 3. The zero-order chi connectivity index (χ0) is 15.2. The van der Waals surface area contributed by atoms with E-state index in [1.807, 2.05) is 56.3 Å². The third kappa shape index (κ3) is 4.35. The van der Waals surface area contributed by atoms with Gasteiger partial charge in [0.15, 0.2) is 0 Å². The molecule has 0 saturated heterocycles. The van der Waals surface area contributed by atoms with E-state index in [1.165, 1.54) is 0 Å². The molecule has 0 heterocycles. The molecule has 0 aliphatic carbocycles. The number of hydrogen-bond acceptors (Lipinski definition) is 3. The minimum absolute atomic E-state index is 0.210. The molecule has 0 unspecified atom stereocenters. The maximum atomic E-state index is 11.9. The third-order valence-corrected chi connectivity index (χ3v) is 3.33. The Morgan fingerprint density at radius 2 is 1.76 bits per heavy atom. The first-order valence-electron chi connectivity index (χ1n) is 6.99. The molecule has 2 rings (SSSR count). The lowest BCUT2D eigenvalue weighted by Gasteiger charge is -2.08. The third-order valence-electron chi connectivity index (χ3n) is 3.33. The summed E-state index contributed by atoms with van der Waals surface area (Å²) in [6, 6.07) is 13.5. The van der Waals surface area contributed by atoms with Crippen molar-refractivity contribution in [1.29, 1.82) is 0 Å². The van der Waals surface area contributed by atoms with E-state index in [-0.39, 0.29) is 5.97 Å². The summed E-state index contributed by atoms with van der Waals surface area (Å²) in [7, 11) is 1.64. The summed E-state index contributed by atoms with van der Waals surface area (Å²) < 4.78 is 10.5. The zero-order valence-electron chi connectivity index (χ0n) is 12.7. The molecular formula is C18H20O3. The van der Waals surface area contributed by atoms with E-state index in [0.29, 0.717) is 18.6 Å². The molecule has 0 atom stereocenters. The van der Waals surface area contributed by atoms with Crippen LogP contribution in [0, 0.1) is 13.8 Å². The van der Waals surface area contributed by atoms with Crippen molar-refractivity contribution in [3.63, 3.8) is 0 Å². The van der Waals surface area contributed by atoms with Crippen LogP contribution in [0.3, 0.4) is 0 Å². The van der Waals surface area contributed by atoms with Crippen LogP contribution >= 0.6 is 0 Å². The summed E-state index contributed by atoms with van der Waals surface area (Å²) in [4.78, 5) is 11.9. The molecule has 3 heteroatoms. The van der Waals surface area contributed by atoms with Gasteiger partial charge in [-0.2, -0.15) is 0 Å². The second kappa shape index (κ2) is 6.93. The van der Waals surface area contributed by atoms with E-state index in [0.717, 1.165) is 22.4 Å². The summed E-state index contributed by atoms with van der Waals surface area (Å²) >= 11 is 0. The second-order valence-corrected chi connectivity index (χ2v) is 5.09. The second-order valence-electron chi connectivity index (χ2n) is 5.09. The van der Waals surface area contributed by atoms with E-state index in [4.69, 9.17) is 9.47 Å². The Labute approximate surface area is 125 Å². The van der Waals surface area contributed by atoms with Gasteiger partial charge in [0.2, 0.25) is 0 Å². The molecule has 0 radical (unpaired) electrons. The van der Waals surface area contributed by atoms with Gasteiger partial charge in [0, 0.05) is 6.42 Å². The standard InChI is InChI=1S/C18H20O3/c1-13-4-10-17(14(2)12-13)21-18(19)11-7-15-5-8-16(20-3)9-6-15/h4-6,8-10,12H,7,11H2,1-3H3. The molecule has 0 fully saturated rings. The maximum Gasteiger partial charge on any atom is 0.311 e. The average Bonchev–Trinajstić information content (AvgIpc) is 2.48. The van der Waals surface area contributed by atoms with Crippen LogP contribution in [0.2, 0.25) is 0 Å². The molecule has 0 bridgehead atoms. The molecular weight excluding hydrogens is 264 g/mol. The van der Waals surface area contributed by atoms with Crippen molar-refractivity contribution in [2.45, 2.75) is 26.7 Å². The summed E-state index contributed by atoms with van der Waals surface area (Å²) in [6.45, 7) is 3.96. The van der Waals surface area contributed by atoms with Crippen LogP contribution in [0.5, 0.6) is 11.5 Å². The molecule has 3 nitrogen and oxygen atoms in total. The molecule has 2 aromatic rings. The molecule has 0 N–H and O–H groups in total. The van der Waals surface area contributed by atoms with E-state index in [9.17, 15) is 4.79 Å². The van der Waals surface area contributed by atoms with Gasteiger partial charge < -0.3 is 9.47 Å². The van der Waals surface area contributed by atoms with Gasteiger partial charge in [-0.25, -0.2) is 0 Å². The number of ether oxygens (including phenoxy) is 2. The van der Waals surface area contributed by atoms with Crippen molar-refractivity contribution in [2.75, 3.05) is 7.11 Å². The monoisotopic (exact) mass is 284 g/mol. The van der Waals surface area contributed by atoms with Gasteiger partial charge in [0.1, 0.15) is 11.5 Å². The highest BCUT2D eigenvalue weighted by molar-refractivity contribution is 5.73. The lowest BCUT2D eigenvalue weighted by atomic mass is 10.1. The molecule has 0 spiro atoms. The first-order chi connectivity index (χ1) is 10.1. The molecule has 2 aromatic carbocycles. The Morgan fingerprint density at radius 1 is 1.05 bits per heavy atom. The summed E-state index contributed by atoms with van der Waals surface area (Å²) in [5.41, 5.74) is 3.23. The van der Waals surface area contributed by atoms with Crippen LogP contribution < -0.4 is 9.47 Å². The number of rotatable bonds is 5. The van der Waals surface area contributed by atoms with Crippen LogP contribution in [0.15, 0.2) is 42.5 Å². The van der Waals surface area contributed by atoms with Gasteiger partial charge in [-0.05, 0) is 49.6 Å². The van der Waals surface area contributed by atoms with Gasteiger partial charge in [-0.3, -0.25) is 4.79 Å². The lowest BCUT2D eigenvalue weighted by Crippen LogP contribution is -2.09. The lowest BCUT2D eigenvalue weighted by molar-refractivity contribution is -0.134. The predicted octanol–water partition coefficient (Wildman–Crippen LogP) is 3.85. The van der Waals surface area contributed by atoms with Crippen molar-refractivity contribution in [2.24, 2.45) is 0 Å². The van der Waals surface area contributed by atoms with Gasteiger partial charge in [0.25, 0.3) is 0 Å². The number of benzene rings is 2. The normalized spacial score (nSPS) is 10.2. The maximum absolute atomic E-state index is 11.9. The highest BCUT2D eigenvalue weighted by Gasteiger charge is 2.08. The van der Waals surface area contributed by atoms with Crippen LogP contribution in [0.4, 0.5) is 0 Å². The molecule has 0 aliphatic heterocycles. The molecule has 0 saturated carbocycles. The van der Waals surface area contributed by atoms with Gasteiger partial charge in [-0.15, -0.1) is 0 Å². The number of carbonyl (C=O) groups excluding carboxylic acids is 1. The fourth-order valence-electron chi connectivity index (χ4n) is 2.13. The fraction of sp³-hybridized carbons (Fsp3) is 0.278. The number of hydrogen-bond donors (Lipinski definition) is 0. The van der Waals surface area contributed by atoms with Gasteiger partial charge in [0.05, 0.1) is 7.11 Å². The smallest absolute Gasteiger partial charge is 0.311 e. The van der Waals surface area contributed by atoms with Crippen molar-refractivity contribution < 1.29 is 14.3 Å². The number of carbonyl (C=O) groups is 1. The minimum Gasteiger partial charge on any atom is -0.497 e. The van der Waals surface area contributed by atoms with Crippen LogP contribution in [0.25, 0.3) is 0 Å². The fourth-order valence-corrected chi connectivity index (χ4v) is 2.13. The van der Waals surface area contributed by atoms with Crippen molar-refractivity contribution in [3.05, 3.63) is 59.2 Å². The molecule has 110 valence electrons.